The molecule has 2 atom stereocenters. The van der Waals surface area contributed by atoms with Gasteiger partial charge in [0.25, 0.3) is 5.91 Å². The number of ether oxygens (including phenoxy) is 1. The average molecular weight is 411 g/mol. The second-order valence-corrected chi connectivity index (χ2v) is 7.01. The molecular weight excluding hydrogens is 395 g/mol. The van der Waals surface area contributed by atoms with Crippen molar-refractivity contribution in [1.82, 2.24) is 14.5 Å². The maximum Gasteiger partial charge on any atom is 0.387 e. The van der Waals surface area contributed by atoms with E-state index in [-0.39, 0.29) is 45.2 Å². The lowest BCUT2D eigenvalue weighted by Crippen LogP contribution is -2.30. The minimum Gasteiger partial charge on any atom is -0.434 e. The predicted molar refractivity (Wildman–Crippen MR) is 95.4 cm³/mol. The summed E-state index contributed by atoms with van der Waals surface area (Å²) in [6.45, 7) is -6.03. The van der Waals surface area contributed by atoms with E-state index in [1.807, 2.05) is 0 Å². The Balaban J connectivity index is 1.87. The Kier molecular flexibility index (Phi) is 3.00. The smallest absolute Gasteiger partial charge is 0.387 e. The lowest BCUT2D eigenvalue weighted by atomic mass is 9.97. The normalized spacial score (nSPS) is 22.5. The molecule has 2 aliphatic heterocycles. The summed E-state index contributed by atoms with van der Waals surface area (Å²) in [7, 11) is 0. The molecule has 0 aliphatic carbocycles. The molecule has 0 saturated carbocycles. The van der Waals surface area contributed by atoms with Crippen molar-refractivity contribution in [3.8, 4) is 5.75 Å². The number of alkyl halides is 2. The van der Waals surface area contributed by atoms with Crippen LogP contribution in [-0.4, -0.2) is 33.9 Å². The van der Waals surface area contributed by atoms with Crippen LogP contribution in [0, 0.1) is 5.82 Å². The largest absolute Gasteiger partial charge is 0.434 e. The molecule has 2 bridgehead atoms. The average Bonchev–Trinajstić information content (AvgIpc) is 3.17. The van der Waals surface area contributed by atoms with Crippen LogP contribution in [0.15, 0.2) is 30.3 Å². The molecule has 0 saturated heterocycles. The van der Waals surface area contributed by atoms with E-state index in [0.717, 1.165) is 0 Å². The summed E-state index contributed by atoms with van der Waals surface area (Å²) in [5.74, 6) is -1.78. The van der Waals surface area contributed by atoms with Gasteiger partial charge in [0, 0.05) is 28.6 Å². The Bertz CT molecular complexity index is 1250. The van der Waals surface area contributed by atoms with Crippen LogP contribution < -0.4 is 4.74 Å². The third-order valence-corrected chi connectivity index (χ3v) is 5.49. The van der Waals surface area contributed by atoms with E-state index >= 15 is 4.39 Å². The highest BCUT2D eigenvalue weighted by Crippen LogP contribution is 2.50. The molecule has 144 valence electrons. The summed E-state index contributed by atoms with van der Waals surface area (Å²) in [6, 6.07) is 4.84. The molecule has 0 radical (unpaired) electrons. The topological polar surface area (TPSA) is 47.4 Å². The third-order valence-electron chi connectivity index (χ3n) is 5.20. The molecule has 2 aromatic carbocycles. The van der Waals surface area contributed by atoms with Gasteiger partial charge in [0.2, 0.25) is 0 Å². The van der Waals surface area contributed by atoms with Gasteiger partial charge in [-0.15, -0.1) is 0 Å². The minimum absolute atomic E-state index is 0.00493. The summed E-state index contributed by atoms with van der Waals surface area (Å²) < 4.78 is 71.0. The van der Waals surface area contributed by atoms with E-state index in [4.69, 9.17) is 15.7 Å². The Hall–Kier alpha value is -2.74. The number of hydrogen-bond donors (Lipinski definition) is 0. The Morgan fingerprint density at radius 3 is 2.89 bits per heavy atom. The van der Waals surface area contributed by atoms with Crippen LogP contribution in [0.1, 0.15) is 44.4 Å². The van der Waals surface area contributed by atoms with E-state index in [1.54, 1.807) is 0 Å². The summed E-state index contributed by atoms with van der Waals surface area (Å²) in [5.41, 5.74) is 0.173. The molecule has 5 nitrogen and oxygen atoms in total. The quantitative estimate of drug-likeness (QED) is 0.622. The van der Waals surface area contributed by atoms with Crippen LogP contribution in [0.3, 0.4) is 0 Å². The lowest BCUT2D eigenvalue weighted by molar-refractivity contribution is -0.0507. The molecule has 3 aromatic rings. The van der Waals surface area contributed by atoms with Crippen LogP contribution >= 0.6 is 11.6 Å². The number of carbonyl (C=O) groups excluding carboxylic acids is 1. The van der Waals surface area contributed by atoms with Crippen molar-refractivity contribution in [2.24, 2.45) is 0 Å². The van der Waals surface area contributed by atoms with E-state index in [1.165, 1.54) is 34.9 Å². The standard InChI is InChI=1S/C19H13ClF3N3O2/c1-25-12-7-11(14-8(18(25)27)3-2-4-13(14)28-19(22)23)26-16-10(24-17(12)26)6-5-9(20)15(16)21/h2-6,11-12,19H,7H2,1H3/t11-,12-/m1/s1/i1D3. The number of imidazole rings is 1. The third kappa shape index (κ3) is 2.21. The summed E-state index contributed by atoms with van der Waals surface area (Å²) in [4.78, 5) is 18.3. The highest BCUT2D eigenvalue weighted by atomic mass is 35.5. The zero-order valence-electron chi connectivity index (χ0n) is 17.0. The van der Waals surface area contributed by atoms with Crippen molar-refractivity contribution in [2.45, 2.75) is 25.1 Å². The summed E-state index contributed by atoms with van der Waals surface area (Å²) in [6.07, 6.45) is 0.00493. The van der Waals surface area contributed by atoms with E-state index < -0.39 is 37.4 Å². The van der Waals surface area contributed by atoms with Crippen molar-refractivity contribution in [1.29, 1.82) is 0 Å². The maximum absolute atomic E-state index is 15.0. The fraction of sp³-hybridized carbons (Fsp3) is 0.263. The second kappa shape index (κ2) is 5.88. The molecule has 0 N–H and O–H groups in total. The second-order valence-electron chi connectivity index (χ2n) is 6.61. The number of rotatable bonds is 2. The monoisotopic (exact) mass is 410 g/mol. The number of hydrogen-bond acceptors (Lipinski definition) is 3. The van der Waals surface area contributed by atoms with Gasteiger partial charge in [0.15, 0.2) is 5.82 Å². The van der Waals surface area contributed by atoms with Gasteiger partial charge in [0.05, 0.1) is 22.6 Å². The van der Waals surface area contributed by atoms with Crippen LogP contribution in [0.4, 0.5) is 13.2 Å². The SMILES string of the molecule is [2H]C([2H])([2H])N1C(=O)c2cccc(OC(F)F)c2[C@H]2C[C@@H]1c1nc3ccc(Cl)c(F)c3n12. The van der Waals surface area contributed by atoms with Crippen molar-refractivity contribution in [3.05, 3.63) is 58.1 Å². The minimum atomic E-state index is -3.18. The van der Waals surface area contributed by atoms with Crippen LogP contribution in [0.5, 0.6) is 5.75 Å². The first-order chi connectivity index (χ1) is 14.6. The van der Waals surface area contributed by atoms with Gasteiger partial charge in [-0.2, -0.15) is 8.78 Å². The molecule has 0 spiro atoms. The van der Waals surface area contributed by atoms with Crippen molar-refractivity contribution < 1.29 is 26.8 Å². The Morgan fingerprint density at radius 1 is 1.32 bits per heavy atom. The van der Waals surface area contributed by atoms with E-state index in [9.17, 15) is 13.6 Å². The number of carbonyl (C=O) groups is 1. The molecule has 5 rings (SSSR count). The zero-order valence-corrected chi connectivity index (χ0v) is 14.8. The van der Waals surface area contributed by atoms with E-state index in [2.05, 4.69) is 9.72 Å². The molecule has 1 aromatic heterocycles. The van der Waals surface area contributed by atoms with Crippen molar-refractivity contribution in [2.75, 3.05) is 6.98 Å². The van der Waals surface area contributed by atoms with Gasteiger partial charge in [-0.25, -0.2) is 9.37 Å². The number of amides is 1. The molecule has 0 unspecified atom stereocenters. The van der Waals surface area contributed by atoms with Gasteiger partial charge in [-0.3, -0.25) is 4.79 Å². The fourth-order valence-corrected chi connectivity index (χ4v) is 4.28. The molecule has 9 heteroatoms. The number of aromatic nitrogens is 2. The molecule has 2 aliphatic rings. The van der Waals surface area contributed by atoms with Crippen molar-refractivity contribution >= 4 is 28.5 Å². The number of nitrogens with zero attached hydrogens (tertiary/aromatic N) is 3. The highest BCUT2D eigenvalue weighted by molar-refractivity contribution is 6.31. The number of fused-ring (bicyclic) bond motifs is 9. The van der Waals surface area contributed by atoms with Crippen LogP contribution in [0.25, 0.3) is 11.0 Å². The van der Waals surface area contributed by atoms with Crippen LogP contribution in [0.2, 0.25) is 5.02 Å². The van der Waals surface area contributed by atoms with Gasteiger partial charge in [0.1, 0.15) is 17.1 Å². The molecule has 1 amide bonds. The van der Waals surface area contributed by atoms with Crippen molar-refractivity contribution in [3.63, 3.8) is 0 Å². The van der Waals surface area contributed by atoms with E-state index in [0.29, 0.717) is 4.90 Å². The first-order valence-electron chi connectivity index (χ1n) is 9.86. The van der Waals surface area contributed by atoms with Gasteiger partial charge < -0.3 is 14.2 Å². The van der Waals surface area contributed by atoms with Crippen LogP contribution in [-0.2, 0) is 0 Å². The molecular formula is C19H13ClF3N3O2. The lowest BCUT2D eigenvalue weighted by Gasteiger charge is -2.24. The molecule has 28 heavy (non-hydrogen) atoms. The maximum atomic E-state index is 15.0. The first-order valence-corrected chi connectivity index (χ1v) is 8.74. The molecule has 0 fully saturated rings. The van der Waals surface area contributed by atoms with Gasteiger partial charge in [-0.05, 0) is 24.3 Å². The number of halogens is 4. The predicted octanol–water partition coefficient (Wildman–Crippen LogP) is 4.55. The van der Waals surface area contributed by atoms with Gasteiger partial charge in [-0.1, -0.05) is 17.7 Å². The Morgan fingerprint density at radius 2 is 2.14 bits per heavy atom. The molecule has 3 heterocycles. The number of benzene rings is 2. The summed E-state index contributed by atoms with van der Waals surface area (Å²) in [5, 5.41) is -0.171. The zero-order chi connectivity index (χ0) is 22.2. The Labute approximate surface area is 166 Å². The highest BCUT2D eigenvalue weighted by Gasteiger charge is 2.45. The van der Waals surface area contributed by atoms with Gasteiger partial charge >= 0.3 is 6.61 Å². The first kappa shape index (κ1) is 14.3. The summed E-state index contributed by atoms with van der Waals surface area (Å²) >= 11 is 5.95. The fourth-order valence-electron chi connectivity index (χ4n) is 4.13.